The van der Waals surface area contributed by atoms with E-state index in [1.807, 2.05) is 0 Å². The molecule has 0 unspecified atom stereocenters. The van der Waals surface area contributed by atoms with Gasteiger partial charge in [-0.2, -0.15) is 0 Å². The quantitative estimate of drug-likeness (QED) is 0.545. The fraction of sp³-hybridized carbons (Fsp3) is 1.00. The molecule has 2 heteroatoms. The minimum atomic E-state index is 1.09. The zero-order chi connectivity index (χ0) is 10.6. The molecule has 86 valence electrons. The molecule has 0 aliphatic heterocycles. The first-order valence-electron chi connectivity index (χ1n) is 6.28. The number of likely N-dealkylation sites (N-methyl/N-ethyl adjacent to an activating group) is 2. The van der Waals surface area contributed by atoms with E-state index < -0.39 is 0 Å². The highest BCUT2D eigenvalue weighted by molar-refractivity contribution is 4.57. The molecule has 0 aliphatic rings. The Kier molecular flexibility index (Phi) is 10.9. The minimum Gasteiger partial charge on any atom is -0.316 e. The molecule has 0 amide bonds. The van der Waals surface area contributed by atoms with Crippen LogP contribution in [0.2, 0.25) is 0 Å². The molecule has 0 spiro atoms. The van der Waals surface area contributed by atoms with Crippen molar-refractivity contribution in [2.75, 3.05) is 32.7 Å². The summed E-state index contributed by atoms with van der Waals surface area (Å²) in [4.78, 5) is 2.54. The summed E-state index contributed by atoms with van der Waals surface area (Å²) in [6.07, 6.45) is 5.50. The molecule has 0 aromatic carbocycles. The Hall–Kier alpha value is -0.0800. The van der Waals surface area contributed by atoms with Gasteiger partial charge < -0.3 is 10.2 Å². The van der Waals surface area contributed by atoms with Crippen molar-refractivity contribution >= 4 is 0 Å². The van der Waals surface area contributed by atoms with Crippen molar-refractivity contribution in [1.29, 1.82) is 0 Å². The molecule has 2 nitrogen and oxygen atoms in total. The predicted octanol–water partition coefficient (Wildman–Crippen LogP) is 2.50. The smallest absolute Gasteiger partial charge is 0.0107 e. The summed E-state index contributed by atoms with van der Waals surface area (Å²) in [6, 6.07) is 0. The van der Waals surface area contributed by atoms with Crippen LogP contribution in [0.15, 0.2) is 0 Å². The van der Waals surface area contributed by atoms with E-state index in [-0.39, 0.29) is 0 Å². The van der Waals surface area contributed by atoms with Crippen molar-refractivity contribution in [2.45, 2.75) is 46.5 Å². The second-order valence-electron chi connectivity index (χ2n) is 3.85. The van der Waals surface area contributed by atoms with E-state index in [0.29, 0.717) is 0 Å². The van der Waals surface area contributed by atoms with Gasteiger partial charge in [0, 0.05) is 13.1 Å². The summed E-state index contributed by atoms with van der Waals surface area (Å²) in [5, 5.41) is 3.37. The number of hydrogen-bond donors (Lipinski definition) is 1. The van der Waals surface area contributed by atoms with Crippen LogP contribution < -0.4 is 5.32 Å². The fourth-order valence-corrected chi connectivity index (χ4v) is 1.60. The van der Waals surface area contributed by atoms with Gasteiger partial charge in [-0.1, -0.05) is 40.0 Å². The predicted molar refractivity (Wildman–Crippen MR) is 64.8 cm³/mol. The van der Waals surface area contributed by atoms with E-state index in [1.54, 1.807) is 0 Å². The van der Waals surface area contributed by atoms with E-state index in [9.17, 15) is 0 Å². The highest BCUT2D eigenvalue weighted by Gasteiger charge is 2.00. The number of nitrogens with zero attached hydrogens (tertiary/aromatic N) is 1. The van der Waals surface area contributed by atoms with Gasteiger partial charge in [0.25, 0.3) is 0 Å². The third kappa shape index (κ3) is 8.52. The van der Waals surface area contributed by atoms with Gasteiger partial charge in [-0.25, -0.2) is 0 Å². The fourth-order valence-electron chi connectivity index (χ4n) is 1.60. The Morgan fingerprint density at radius 1 is 0.929 bits per heavy atom. The lowest BCUT2D eigenvalue weighted by Crippen LogP contribution is -2.32. The van der Waals surface area contributed by atoms with E-state index >= 15 is 0 Å². The average molecular weight is 200 g/mol. The Labute approximate surface area is 90.1 Å². The van der Waals surface area contributed by atoms with Crippen LogP contribution in [-0.2, 0) is 0 Å². The SMILES string of the molecule is CCCCCCN(CC)CCNCC. The third-order valence-corrected chi connectivity index (χ3v) is 2.63. The van der Waals surface area contributed by atoms with Crippen LogP contribution in [0.4, 0.5) is 0 Å². The summed E-state index contributed by atoms with van der Waals surface area (Å²) < 4.78 is 0. The van der Waals surface area contributed by atoms with Crippen LogP contribution >= 0.6 is 0 Å². The molecule has 1 N–H and O–H groups in total. The first-order valence-corrected chi connectivity index (χ1v) is 6.28. The molecule has 14 heavy (non-hydrogen) atoms. The molecular formula is C12H28N2. The van der Waals surface area contributed by atoms with Crippen molar-refractivity contribution in [3.05, 3.63) is 0 Å². The largest absolute Gasteiger partial charge is 0.316 e. The molecule has 0 aromatic rings. The van der Waals surface area contributed by atoms with Gasteiger partial charge in [0.2, 0.25) is 0 Å². The number of unbranched alkanes of at least 4 members (excludes halogenated alkanes) is 3. The van der Waals surface area contributed by atoms with Crippen LogP contribution in [0.25, 0.3) is 0 Å². The van der Waals surface area contributed by atoms with Gasteiger partial charge in [0.15, 0.2) is 0 Å². The maximum Gasteiger partial charge on any atom is 0.0107 e. The van der Waals surface area contributed by atoms with Gasteiger partial charge in [0.1, 0.15) is 0 Å². The molecular weight excluding hydrogens is 172 g/mol. The van der Waals surface area contributed by atoms with Gasteiger partial charge >= 0.3 is 0 Å². The molecule has 0 heterocycles. The average Bonchev–Trinajstić information content (AvgIpc) is 2.22. The summed E-state index contributed by atoms with van der Waals surface area (Å²) in [5.41, 5.74) is 0. The Bertz CT molecular complexity index is 104. The van der Waals surface area contributed by atoms with E-state index in [1.165, 1.54) is 45.3 Å². The highest BCUT2D eigenvalue weighted by atomic mass is 15.1. The van der Waals surface area contributed by atoms with E-state index in [4.69, 9.17) is 0 Å². The number of hydrogen-bond acceptors (Lipinski definition) is 2. The van der Waals surface area contributed by atoms with Crippen LogP contribution in [0.1, 0.15) is 46.5 Å². The zero-order valence-corrected chi connectivity index (χ0v) is 10.3. The molecule has 0 fully saturated rings. The van der Waals surface area contributed by atoms with Gasteiger partial charge in [0.05, 0.1) is 0 Å². The monoisotopic (exact) mass is 200 g/mol. The Morgan fingerprint density at radius 2 is 1.71 bits per heavy atom. The standard InChI is InChI=1S/C12H28N2/c1-4-7-8-9-11-14(6-3)12-10-13-5-2/h13H,4-12H2,1-3H3. The number of nitrogens with one attached hydrogen (secondary N) is 1. The third-order valence-electron chi connectivity index (χ3n) is 2.63. The molecule has 0 saturated carbocycles. The first-order chi connectivity index (χ1) is 6.85. The van der Waals surface area contributed by atoms with Gasteiger partial charge in [-0.3, -0.25) is 0 Å². The zero-order valence-electron chi connectivity index (χ0n) is 10.3. The highest BCUT2D eigenvalue weighted by Crippen LogP contribution is 2.00. The van der Waals surface area contributed by atoms with Crippen LogP contribution in [0, 0.1) is 0 Å². The Morgan fingerprint density at radius 3 is 2.29 bits per heavy atom. The topological polar surface area (TPSA) is 15.3 Å². The Balaban J connectivity index is 3.28. The minimum absolute atomic E-state index is 1.09. The molecule has 0 rings (SSSR count). The summed E-state index contributed by atoms with van der Waals surface area (Å²) >= 11 is 0. The molecule has 0 saturated heterocycles. The van der Waals surface area contributed by atoms with Crippen molar-refractivity contribution in [3.63, 3.8) is 0 Å². The second kappa shape index (κ2) is 11.0. The lowest BCUT2D eigenvalue weighted by atomic mass is 10.2. The van der Waals surface area contributed by atoms with Crippen molar-refractivity contribution in [2.24, 2.45) is 0 Å². The summed E-state index contributed by atoms with van der Waals surface area (Å²) in [5.74, 6) is 0. The first kappa shape index (κ1) is 13.9. The lowest BCUT2D eigenvalue weighted by Gasteiger charge is -2.20. The summed E-state index contributed by atoms with van der Waals surface area (Å²) in [7, 11) is 0. The van der Waals surface area contributed by atoms with Crippen LogP contribution in [0.3, 0.4) is 0 Å². The molecule has 0 aromatic heterocycles. The molecule has 0 atom stereocenters. The van der Waals surface area contributed by atoms with Crippen molar-refractivity contribution in [1.82, 2.24) is 10.2 Å². The molecule has 0 radical (unpaired) electrons. The molecule has 0 aliphatic carbocycles. The number of rotatable bonds is 10. The van der Waals surface area contributed by atoms with Crippen LogP contribution in [0.5, 0.6) is 0 Å². The van der Waals surface area contributed by atoms with Crippen molar-refractivity contribution in [3.8, 4) is 0 Å². The van der Waals surface area contributed by atoms with Gasteiger partial charge in [-0.05, 0) is 26.1 Å². The van der Waals surface area contributed by atoms with Crippen LogP contribution in [-0.4, -0.2) is 37.6 Å². The summed E-state index contributed by atoms with van der Waals surface area (Å²) in [6.45, 7) is 12.6. The molecule has 0 bridgehead atoms. The van der Waals surface area contributed by atoms with E-state index in [0.717, 1.165) is 13.1 Å². The van der Waals surface area contributed by atoms with Crippen molar-refractivity contribution < 1.29 is 0 Å². The van der Waals surface area contributed by atoms with E-state index in [2.05, 4.69) is 31.0 Å². The second-order valence-corrected chi connectivity index (χ2v) is 3.85. The normalized spacial score (nSPS) is 11.1. The lowest BCUT2D eigenvalue weighted by molar-refractivity contribution is 0.281. The van der Waals surface area contributed by atoms with Gasteiger partial charge in [-0.15, -0.1) is 0 Å². The maximum absolute atomic E-state index is 3.37. The maximum atomic E-state index is 3.37.